The van der Waals surface area contributed by atoms with Gasteiger partial charge in [-0.3, -0.25) is 4.79 Å². The van der Waals surface area contributed by atoms with Crippen LogP contribution in [-0.2, 0) is 11.3 Å². The van der Waals surface area contributed by atoms with Crippen LogP contribution in [0.2, 0.25) is 0 Å². The Morgan fingerprint density at radius 2 is 2.12 bits per heavy atom. The Labute approximate surface area is 138 Å². The van der Waals surface area contributed by atoms with Gasteiger partial charge in [0.05, 0.1) is 18.2 Å². The number of amides is 1. The number of rotatable bonds is 5. The van der Waals surface area contributed by atoms with E-state index in [9.17, 15) is 4.79 Å². The molecule has 0 spiro atoms. The van der Waals surface area contributed by atoms with Crippen molar-refractivity contribution in [3.05, 3.63) is 35.0 Å². The standard InChI is InChI=1S/C16H18N4O4/c1-8-13(9(2)24-20-8)19-16(21)10-5-6-11(23-4)15-14(10)17-12(18-15)7-22-3/h5-6H,7H2,1-4H3,(H,17,18)(H,19,21). The van der Waals surface area contributed by atoms with Gasteiger partial charge in [-0.05, 0) is 26.0 Å². The molecule has 1 amide bonds. The van der Waals surface area contributed by atoms with Crippen molar-refractivity contribution in [1.82, 2.24) is 15.1 Å². The zero-order chi connectivity index (χ0) is 17.3. The van der Waals surface area contributed by atoms with Gasteiger partial charge in [-0.15, -0.1) is 0 Å². The molecule has 0 bridgehead atoms. The Morgan fingerprint density at radius 3 is 2.75 bits per heavy atom. The average Bonchev–Trinajstić information content (AvgIpc) is 3.12. The smallest absolute Gasteiger partial charge is 0.258 e. The molecule has 0 saturated carbocycles. The number of ether oxygens (including phenoxy) is 2. The largest absolute Gasteiger partial charge is 0.494 e. The second kappa shape index (κ2) is 6.32. The molecule has 0 radical (unpaired) electrons. The average molecular weight is 330 g/mol. The van der Waals surface area contributed by atoms with Gasteiger partial charge in [0.2, 0.25) is 0 Å². The number of hydrogen-bond acceptors (Lipinski definition) is 6. The molecule has 0 fully saturated rings. The monoisotopic (exact) mass is 330 g/mol. The number of carbonyl (C=O) groups excluding carboxylic acids is 1. The van der Waals surface area contributed by atoms with Crippen molar-refractivity contribution in [3.63, 3.8) is 0 Å². The Kier molecular flexibility index (Phi) is 4.22. The van der Waals surface area contributed by atoms with Crippen LogP contribution in [0, 0.1) is 13.8 Å². The van der Waals surface area contributed by atoms with Crippen molar-refractivity contribution in [2.75, 3.05) is 19.5 Å². The number of carbonyl (C=O) groups is 1. The molecule has 0 aliphatic heterocycles. The van der Waals surface area contributed by atoms with E-state index in [2.05, 4.69) is 20.4 Å². The van der Waals surface area contributed by atoms with Crippen LogP contribution in [0.1, 0.15) is 27.6 Å². The first-order valence-electron chi connectivity index (χ1n) is 7.34. The first-order chi connectivity index (χ1) is 11.5. The van der Waals surface area contributed by atoms with Crippen molar-refractivity contribution in [3.8, 4) is 5.75 Å². The molecule has 0 saturated heterocycles. The summed E-state index contributed by atoms with van der Waals surface area (Å²) in [5.74, 6) is 1.46. The van der Waals surface area contributed by atoms with E-state index in [4.69, 9.17) is 14.0 Å². The summed E-state index contributed by atoms with van der Waals surface area (Å²) >= 11 is 0. The topological polar surface area (TPSA) is 102 Å². The van der Waals surface area contributed by atoms with Crippen LogP contribution in [-0.4, -0.2) is 35.3 Å². The summed E-state index contributed by atoms with van der Waals surface area (Å²) in [6.07, 6.45) is 0. The molecule has 2 N–H and O–H groups in total. The lowest BCUT2D eigenvalue weighted by atomic mass is 10.1. The zero-order valence-corrected chi connectivity index (χ0v) is 13.9. The number of imidazole rings is 1. The molecule has 2 heterocycles. The highest BCUT2D eigenvalue weighted by Gasteiger charge is 2.19. The summed E-state index contributed by atoms with van der Waals surface area (Å²) in [6.45, 7) is 3.82. The zero-order valence-electron chi connectivity index (χ0n) is 13.9. The third kappa shape index (κ3) is 2.71. The van der Waals surface area contributed by atoms with E-state index in [0.29, 0.717) is 51.9 Å². The summed E-state index contributed by atoms with van der Waals surface area (Å²) in [7, 11) is 3.14. The van der Waals surface area contributed by atoms with Gasteiger partial charge in [-0.25, -0.2) is 4.98 Å². The molecule has 0 atom stereocenters. The molecule has 0 aliphatic carbocycles. The van der Waals surface area contributed by atoms with Gasteiger partial charge in [0.15, 0.2) is 5.76 Å². The maximum Gasteiger partial charge on any atom is 0.258 e. The van der Waals surface area contributed by atoms with Crippen LogP contribution in [0.5, 0.6) is 5.75 Å². The van der Waals surface area contributed by atoms with Crippen LogP contribution in [0.3, 0.4) is 0 Å². The van der Waals surface area contributed by atoms with Crippen molar-refractivity contribution >= 4 is 22.6 Å². The Morgan fingerprint density at radius 1 is 1.33 bits per heavy atom. The molecule has 3 rings (SSSR count). The number of benzene rings is 1. The van der Waals surface area contributed by atoms with Gasteiger partial charge in [0.1, 0.15) is 35.1 Å². The number of H-pyrrole nitrogens is 1. The van der Waals surface area contributed by atoms with Gasteiger partial charge in [0, 0.05) is 7.11 Å². The van der Waals surface area contributed by atoms with Crippen LogP contribution >= 0.6 is 0 Å². The lowest BCUT2D eigenvalue weighted by Crippen LogP contribution is -2.13. The third-order valence-electron chi connectivity index (χ3n) is 3.67. The molecule has 24 heavy (non-hydrogen) atoms. The van der Waals surface area contributed by atoms with Crippen LogP contribution < -0.4 is 10.1 Å². The maximum atomic E-state index is 12.7. The normalized spacial score (nSPS) is 11.0. The highest BCUT2D eigenvalue weighted by Crippen LogP contribution is 2.28. The minimum absolute atomic E-state index is 0.287. The molecule has 8 heteroatoms. The fourth-order valence-corrected chi connectivity index (χ4v) is 2.52. The van der Waals surface area contributed by atoms with Crippen LogP contribution in [0.15, 0.2) is 16.7 Å². The lowest BCUT2D eigenvalue weighted by Gasteiger charge is -2.07. The maximum absolute atomic E-state index is 12.7. The van der Waals surface area contributed by atoms with Gasteiger partial charge in [-0.2, -0.15) is 0 Å². The molecule has 0 unspecified atom stereocenters. The first-order valence-corrected chi connectivity index (χ1v) is 7.34. The van der Waals surface area contributed by atoms with E-state index in [1.54, 1.807) is 40.2 Å². The summed E-state index contributed by atoms with van der Waals surface area (Å²) in [5, 5.41) is 6.67. The van der Waals surface area contributed by atoms with Crippen LogP contribution in [0.4, 0.5) is 5.69 Å². The molecule has 3 aromatic rings. The van der Waals surface area contributed by atoms with Crippen molar-refractivity contribution < 1.29 is 18.8 Å². The number of hydrogen-bond donors (Lipinski definition) is 2. The third-order valence-corrected chi connectivity index (χ3v) is 3.67. The van der Waals surface area contributed by atoms with E-state index >= 15 is 0 Å². The summed E-state index contributed by atoms with van der Waals surface area (Å²) in [4.78, 5) is 20.2. The molecule has 2 aromatic heterocycles. The molecular formula is C16H18N4O4. The fraction of sp³-hybridized carbons (Fsp3) is 0.312. The predicted molar refractivity (Wildman–Crippen MR) is 87.3 cm³/mol. The number of anilines is 1. The van der Waals surface area contributed by atoms with Crippen molar-refractivity contribution in [1.29, 1.82) is 0 Å². The Bertz CT molecular complexity index is 877. The number of aryl methyl sites for hydroxylation is 2. The Hall–Kier alpha value is -2.87. The number of nitrogens with zero attached hydrogens (tertiary/aromatic N) is 2. The number of methoxy groups -OCH3 is 2. The SMILES string of the molecule is COCc1nc2c(OC)ccc(C(=O)Nc3c(C)noc3C)c2[nH]1. The quantitative estimate of drug-likeness (QED) is 0.745. The molecule has 0 aliphatic rings. The van der Waals surface area contributed by atoms with E-state index < -0.39 is 0 Å². The van der Waals surface area contributed by atoms with E-state index in [0.717, 1.165) is 0 Å². The van der Waals surface area contributed by atoms with Gasteiger partial charge >= 0.3 is 0 Å². The molecule has 8 nitrogen and oxygen atoms in total. The van der Waals surface area contributed by atoms with E-state index in [-0.39, 0.29) is 5.91 Å². The summed E-state index contributed by atoms with van der Waals surface area (Å²) in [6, 6.07) is 3.39. The number of nitrogens with one attached hydrogen (secondary N) is 2. The molecule has 1 aromatic carbocycles. The van der Waals surface area contributed by atoms with Gasteiger partial charge < -0.3 is 24.3 Å². The van der Waals surface area contributed by atoms with E-state index in [1.165, 1.54) is 0 Å². The highest BCUT2D eigenvalue weighted by molar-refractivity contribution is 6.12. The summed E-state index contributed by atoms with van der Waals surface area (Å²) in [5.41, 5.74) is 2.80. The number of fused-ring (bicyclic) bond motifs is 1. The molecule has 126 valence electrons. The van der Waals surface area contributed by atoms with Crippen LogP contribution in [0.25, 0.3) is 11.0 Å². The minimum Gasteiger partial charge on any atom is -0.494 e. The lowest BCUT2D eigenvalue weighted by molar-refractivity contribution is 0.102. The molecular weight excluding hydrogens is 312 g/mol. The van der Waals surface area contributed by atoms with Gasteiger partial charge in [0.25, 0.3) is 5.91 Å². The highest BCUT2D eigenvalue weighted by atomic mass is 16.5. The van der Waals surface area contributed by atoms with Crippen molar-refractivity contribution in [2.24, 2.45) is 0 Å². The second-order valence-electron chi connectivity index (χ2n) is 5.31. The number of aromatic nitrogens is 3. The minimum atomic E-state index is -0.287. The number of aromatic amines is 1. The predicted octanol–water partition coefficient (Wildman–Crippen LogP) is 2.58. The van der Waals surface area contributed by atoms with Gasteiger partial charge in [-0.1, -0.05) is 5.16 Å². The van der Waals surface area contributed by atoms with Crippen molar-refractivity contribution in [2.45, 2.75) is 20.5 Å². The van der Waals surface area contributed by atoms with E-state index in [1.807, 2.05) is 0 Å². The fourth-order valence-electron chi connectivity index (χ4n) is 2.52. The Balaban J connectivity index is 2.03. The second-order valence-corrected chi connectivity index (χ2v) is 5.31. The first kappa shape index (κ1) is 16.0. The summed E-state index contributed by atoms with van der Waals surface area (Å²) < 4.78 is 15.5.